The lowest BCUT2D eigenvalue weighted by molar-refractivity contribution is -0.303. The second kappa shape index (κ2) is 7.09. The largest absolute Gasteiger partial charge is 0.509 e. The fourth-order valence-electron chi connectivity index (χ4n) is 5.84. The van der Waals surface area contributed by atoms with Crippen molar-refractivity contribution in [1.82, 2.24) is 0 Å². The van der Waals surface area contributed by atoms with Crippen LogP contribution >= 0.6 is 0 Å². The lowest BCUT2D eigenvalue weighted by Crippen LogP contribution is -2.70. The van der Waals surface area contributed by atoms with Crippen molar-refractivity contribution in [3.8, 4) is 0 Å². The van der Waals surface area contributed by atoms with Crippen LogP contribution in [-0.2, 0) is 14.2 Å². The van der Waals surface area contributed by atoms with Gasteiger partial charge in [-0.3, -0.25) is 0 Å². The Morgan fingerprint density at radius 3 is 2.48 bits per heavy atom. The van der Waals surface area contributed by atoms with Crippen molar-refractivity contribution in [3.05, 3.63) is 11.1 Å². The van der Waals surface area contributed by atoms with Gasteiger partial charge in [-0.05, 0) is 69.6 Å². The maximum Gasteiger partial charge on any atom is 0.509 e. The first-order valence-corrected chi connectivity index (χ1v) is 10.7. The molecule has 27 heavy (non-hydrogen) atoms. The zero-order valence-corrected chi connectivity index (χ0v) is 18.3. The van der Waals surface area contributed by atoms with Crippen LogP contribution in [0.25, 0.3) is 0 Å². The predicted molar refractivity (Wildman–Crippen MR) is 107 cm³/mol. The molecule has 3 aliphatic rings. The molecule has 3 rings (SSSR count). The molecule has 0 bridgehead atoms. The van der Waals surface area contributed by atoms with Crippen LogP contribution in [0.15, 0.2) is 11.1 Å². The Hall–Kier alpha value is -1.03. The van der Waals surface area contributed by atoms with E-state index in [-0.39, 0.29) is 22.9 Å². The molecule has 2 aliphatic carbocycles. The maximum atomic E-state index is 12.3. The highest BCUT2D eigenvalue weighted by atomic mass is 16.8. The minimum absolute atomic E-state index is 0.0185. The van der Waals surface area contributed by atoms with Gasteiger partial charge in [0.15, 0.2) is 5.60 Å². The van der Waals surface area contributed by atoms with Crippen molar-refractivity contribution in [1.29, 1.82) is 0 Å². The van der Waals surface area contributed by atoms with Crippen molar-refractivity contribution >= 4 is 6.16 Å². The minimum Gasteiger partial charge on any atom is -0.435 e. The Balaban J connectivity index is 1.89. The first-order valence-electron chi connectivity index (χ1n) is 10.7. The molecule has 0 N–H and O–H groups in total. The number of hydrogen-bond donors (Lipinski definition) is 0. The molecule has 0 spiro atoms. The van der Waals surface area contributed by atoms with Gasteiger partial charge in [-0.25, -0.2) is 4.79 Å². The number of fused-ring (bicyclic) bond motifs is 1. The van der Waals surface area contributed by atoms with Crippen molar-refractivity contribution in [2.75, 3.05) is 13.2 Å². The molecule has 0 aromatic carbocycles. The summed E-state index contributed by atoms with van der Waals surface area (Å²) in [5.41, 5.74) is 2.86. The number of ether oxygens (including phenoxy) is 3. The molecule has 154 valence electrons. The van der Waals surface area contributed by atoms with E-state index in [9.17, 15) is 4.79 Å². The van der Waals surface area contributed by atoms with Crippen molar-refractivity contribution in [2.45, 2.75) is 92.3 Å². The Kier molecular flexibility index (Phi) is 5.44. The van der Waals surface area contributed by atoms with Crippen LogP contribution in [0.4, 0.5) is 4.79 Å². The maximum absolute atomic E-state index is 12.3. The van der Waals surface area contributed by atoms with Gasteiger partial charge in [-0.15, -0.1) is 0 Å². The third kappa shape index (κ3) is 3.43. The van der Waals surface area contributed by atoms with Crippen LogP contribution in [0.3, 0.4) is 0 Å². The number of carbonyl (C=O) groups is 1. The van der Waals surface area contributed by atoms with E-state index in [4.69, 9.17) is 14.2 Å². The van der Waals surface area contributed by atoms with Gasteiger partial charge in [0.25, 0.3) is 0 Å². The van der Waals surface area contributed by atoms with Crippen LogP contribution in [0, 0.1) is 22.7 Å². The molecule has 4 nitrogen and oxygen atoms in total. The number of hydrogen-bond acceptors (Lipinski definition) is 4. The molecule has 1 unspecified atom stereocenters. The summed E-state index contributed by atoms with van der Waals surface area (Å²) in [5.74, 6) is 0.880. The van der Waals surface area contributed by atoms with Crippen LogP contribution in [0.2, 0.25) is 0 Å². The highest BCUT2D eigenvalue weighted by Gasteiger charge is 2.64. The summed E-state index contributed by atoms with van der Waals surface area (Å²) in [6.07, 6.45) is 5.01. The summed E-state index contributed by atoms with van der Waals surface area (Å²) in [4.78, 5) is 12.3. The van der Waals surface area contributed by atoms with Gasteiger partial charge in [-0.2, -0.15) is 0 Å². The molecular formula is C23H38O4. The summed E-state index contributed by atoms with van der Waals surface area (Å²) < 4.78 is 17.1. The fraction of sp³-hybridized carbons (Fsp3) is 0.870. The van der Waals surface area contributed by atoms with Crippen LogP contribution < -0.4 is 0 Å². The molecule has 4 heteroatoms. The molecule has 0 aromatic rings. The zero-order chi connectivity index (χ0) is 20.0. The topological polar surface area (TPSA) is 44.8 Å². The first-order chi connectivity index (χ1) is 12.5. The van der Waals surface area contributed by atoms with Crippen molar-refractivity contribution in [3.63, 3.8) is 0 Å². The fourth-order valence-corrected chi connectivity index (χ4v) is 5.84. The highest BCUT2D eigenvalue weighted by molar-refractivity contribution is 5.61. The number of rotatable bonds is 4. The summed E-state index contributed by atoms with van der Waals surface area (Å²) in [6.45, 7) is 16.7. The number of carbonyl (C=O) groups excluding carboxylic acids is 1. The molecule has 1 heterocycles. The Morgan fingerprint density at radius 1 is 1.19 bits per heavy atom. The molecule has 0 aromatic heterocycles. The standard InChI is InChI=1S/C23H38O4/c1-8-25-20(24)27-23-14-26-19(23)11-12-21(4,5)18(23)13-17-10-9-15(2)16(3)22(17,6)7/h17-19H,8-14H2,1-7H3/t17-,18?,19+,23+/m0/s1. The number of allylic oxidation sites excluding steroid dienone is 2. The molecule has 0 radical (unpaired) electrons. The monoisotopic (exact) mass is 378 g/mol. The normalized spacial score (nSPS) is 37.2. The van der Waals surface area contributed by atoms with E-state index < -0.39 is 11.8 Å². The van der Waals surface area contributed by atoms with E-state index in [1.165, 1.54) is 18.4 Å². The van der Waals surface area contributed by atoms with Gasteiger partial charge in [0.05, 0.1) is 13.2 Å². The van der Waals surface area contributed by atoms with Crippen LogP contribution in [-0.4, -0.2) is 31.1 Å². The van der Waals surface area contributed by atoms with E-state index >= 15 is 0 Å². The van der Waals surface area contributed by atoms with Gasteiger partial charge in [0.2, 0.25) is 0 Å². The average Bonchev–Trinajstić information content (AvgIpc) is 2.55. The zero-order valence-electron chi connectivity index (χ0n) is 18.3. The lowest BCUT2D eigenvalue weighted by Gasteiger charge is -2.61. The third-order valence-electron chi connectivity index (χ3n) is 8.19. The molecule has 1 aliphatic heterocycles. The Morgan fingerprint density at radius 2 is 1.89 bits per heavy atom. The van der Waals surface area contributed by atoms with E-state index in [0.717, 1.165) is 19.3 Å². The van der Waals surface area contributed by atoms with Crippen molar-refractivity contribution in [2.24, 2.45) is 22.7 Å². The highest BCUT2D eigenvalue weighted by Crippen LogP contribution is 2.58. The summed E-state index contributed by atoms with van der Waals surface area (Å²) in [6, 6.07) is 0. The smallest absolute Gasteiger partial charge is 0.435 e. The average molecular weight is 379 g/mol. The quantitative estimate of drug-likeness (QED) is 0.451. The van der Waals surface area contributed by atoms with Crippen LogP contribution in [0.1, 0.15) is 80.6 Å². The van der Waals surface area contributed by atoms with Crippen molar-refractivity contribution < 1.29 is 19.0 Å². The molecule has 0 amide bonds. The Labute approximate surface area is 165 Å². The molecule has 1 saturated carbocycles. The lowest BCUT2D eigenvalue weighted by atomic mass is 9.53. The van der Waals surface area contributed by atoms with E-state index in [2.05, 4.69) is 41.5 Å². The second-order valence-corrected chi connectivity index (χ2v) is 10.2. The summed E-state index contributed by atoms with van der Waals surface area (Å²) >= 11 is 0. The van der Waals surface area contributed by atoms with Gasteiger partial charge in [-0.1, -0.05) is 38.8 Å². The predicted octanol–water partition coefficient (Wildman–Crippen LogP) is 5.90. The minimum atomic E-state index is -0.539. The van der Waals surface area contributed by atoms with E-state index in [1.807, 2.05) is 6.92 Å². The molecular weight excluding hydrogens is 340 g/mol. The van der Waals surface area contributed by atoms with Crippen LogP contribution in [0.5, 0.6) is 0 Å². The Bertz CT molecular complexity index is 618. The van der Waals surface area contributed by atoms with Gasteiger partial charge >= 0.3 is 6.16 Å². The molecule has 2 fully saturated rings. The molecule has 4 atom stereocenters. The second-order valence-electron chi connectivity index (χ2n) is 10.2. The van der Waals surface area contributed by atoms with Gasteiger partial charge in [0, 0.05) is 5.92 Å². The first kappa shape index (κ1) is 20.7. The van der Waals surface area contributed by atoms with E-state index in [0.29, 0.717) is 19.1 Å². The van der Waals surface area contributed by atoms with E-state index in [1.54, 1.807) is 5.57 Å². The van der Waals surface area contributed by atoms with Gasteiger partial charge < -0.3 is 14.2 Å². The third-order valence-corrected chi connectivity index (χ3v) is 8.19. The SMILES string of the molecule is CCOC(=O)O[C@@]12CO[C@@H]1CCC(C)(C)C2C[C@@H]1CCC(C)=C(C)C1(C)C. The summed E-state index contributed by atoms with van der Waals surface area (Å²) in [5, 5.41) is 0. The summed E-state index contributed by atoms with van der Waals surface area (Å²) in [7, 11) is 0. The molecule has 1 saturated heterocycles. The van der Waals surface area contributed by atoms with Gasteiger partial charge in [0.1, 0.15) is 6.10 Å².